The van der Waals surface area contributed by atoms with E-state index >= 15 is 0 Å². The molecule has 0 fully saturated rings. The van der Waals surface area contributed by atoms with Gasteiger partial charge in [0.1, 0.15) is 5.75 Å². The first kappa shape index (κ1) is 17.8. The highest BCUT2D eigenvalue weighted by Crippen LogP contribution is 2.23. The molecule has 0 radical (unpaired) electrons. The Morgan fingerprint density at radius 3 is 2.29 bits per heavy atom. The van der Waals surface area contributed by atoms with Gasteiger partial charge in [-0.3, -0.25) is 0 Å². The minimum absolute atomic E-state index is 0.183. The van der Waals surface area contributed by atoms with Gasteiger partial charge in [0.2, 0.25) is 0 Å². The van der Waals surface area contributed by atoms with Crippen molar-refractivity contribution in [2.45, 2.75) is 32.2 Å². The zero-order valence-electron chi connectivity index (χ0n) is 12.7. The monoisotopic (exact) mass is 304 g/mol. The summed E-state index contributed by atoms with van der Waals surface area (Å²) >= 11 is 0. The maximum Gasteiger partial charge on any atom is 0.573 e. The molecule has 0 aromatic heterocycles. The van der Waals surface area contributed by atoms with Gasteiger partial charge in [0.05, 0.1) is 0 Å². The molecule has 1 rings (SSSR count). The molecule has 0 aliphatic rings. The van der Waals surface area contributed by atoms with Crippen molar-refractivity contribution in [3.63, 3.8) is 0 Å². The highest BCUT2D eigenvalue weighted by Gasteiger charge is 2.30. The maximum absolute atomic E-state index is 12.1. The summed E-state index contributed by atoms with van der Waals surface area (Å²) in [6.45, 7) is 3.90. The fraction of sp³-hybridized carbons (Fsp3) is 0.600. The fourth-order valence-electron chi connectivity index (χ4n) is 2.10. The van der Waals surface area contributed by atoms with Crippen LogP contribution in [0.1, 0.15) is 18.9 Å². The van der Waals surface area contributed by atoms with Crippen LogP contribution in [0.2, 0.25) is 0 Å². The van der Waals surface area contributed by atoms with E-state index in [9.17, 15) is 13.2 Å². The molecule has 0 saturated carbocycles. The number of hydrogen-bond donors (Lipinski definition) is 1. The van der Waals surface area contributed by atoms with Crippen LogP contribution in [-0.2, 0) is 6.42 Å². The van der Waals surface area contributed by atoms with E-state index in [0.717, 1.165) is 31.5 Å². The Morgan fingerprint density at radius 1 is 1.19 bits per heavy atom. The molecule has 1 unspecified atom stereocenters. The molecule has 1 N–H and O–H groups in total. The van der Waals surface area contributed by atoms with Crippen molar-refractivity contribution in [3.05, 3.63) is 29.8 Å². The van der Waals surface area contributed by atoms with Gasteiger partial charge in [-0.15, -0.1) is 13.2 Å². The average molecular weight is 304 g/mol. The van der Waals surface area contributed by atoms with Crippen molar-refractivity contribution in [2.24, 2.45) is 0 Å². The zero-order valence-corrected chi connectivity index (χ0v) is 12.7. The molecule has 0 amide bonds. The quantitative estimate of drug-likeness (QED) is 0.799. The lowest BCUT2D eigenvalue weighted by atomic mass is 10.1. The highest BCUT2D eigenvalue weighted by molar-refractivity contribution is 5.28. The minimum atomic E-state index is -4.64. The topological polar surface area (TPSA) is 24.5 Å². The highest BCUT2D eigenvalue weighted by atomic mass is 19.4. The van der Waals surface area contributed by atoms with E-state index in [1.165, 1.54) is 12.1 Å². The fourth-order valence-corrected chi connectivity index (χ4v) is 2.10. The third-order valence-corrected chi connectivity index (χ3v) is 2.91. The summed E-state index contributed by atoms with van der Waals surface area (Å²) in [6.07, 6.45) is -2.83. The summed E-state index contributed by atoms with van der Waals surface area (Å²) in [5.74, 6) is -0.183. The summed E-state index contributed by atoms with van der Waals surface area (Å²) in [4.78, 5) is 2.09. The molecular weight excluding hydrogens is 281 g/mol. The van der Waals surface area contributed by atoms with Gasteiger partial charge in [0, 0.05) is 12.6 Å². The van der Waals surface area contributed by atoms with Crippen molar-refractivity contribution in [2.75, 3.05) is 27.2 Å². The number of hydrogen-bond acceptors (Lipinski definition) is 3. The van der Waals surface area contributed by atoms with E-state index in [1.807, 2.05) is 14.1 Å². The van der Waals surface area contributed by atoms with Gasteiger partial charge < -0.3 is 15.0 Å². The number of alkyl halides is 3. The molecule has 120 valence electrons. The van der Waals surface area contributed by atoms with Gasteiger partial charge >= 0.3 is 6.36 Å². The summed E-state index contributed by atoms with van der Waals surface area (Å²) in [6, 6.07) is 6.34. The second-order valence-corrected chi connectivity index (χ2v) is 5.31. The van der Waals surface area contributed by atoms with Crippen molar-refractivity contribution in [1.29, 1.82) is 0 Å². The number of nitrogens with zero attached hydrogens (tertiary/aromatic N) is 1. The van der Waals surface area contributed by atoms with Crippen LogP contribution in [0.5, 0.6) is 5.75 Å². The molecular formula is C15H23F3N2O. The second-order valence-electron chi connectivity index (χ2n) is 5.31. The Labute approximate surface area is 124 Å². The molecule has 3 nitrogen and oxygen atoms in total. The van der Waals surface area contributed by atoms with E-state index in [4.69, 9.17) is 0 Å². The number of nitrogens with one attached hydrogen (secondary N) is 1. The number of likely N-dealkylation sites (N-methyl/N-ethyl adjacent to an activating group) is 1. The van der Waals surface area contributed by atoms with E-state index < -0.39 is 6.36 Å². The van der Waals surface area contributed by atoms with Crippen LogP contribution >= 0.6 is 0 Å². The predicted octanol–water partition coefficient (Wildman–Crippen LogP) is 3.06. The van der Waals surface area contributed by atoms with Gasteiger partial charge in [0.15, 0.2) is 0 Å². The number of halogens is 3. The average Bonchev–Trinajstić information content (AvgIpc) is 2.36. The molecule has 6 heteroatoms. The summed E-state index contributed by atoms with van der Waals surface area (Å²) in [5.41, 5.74) is 0.986. The van der Waals surface area contributed by atoms with Crippen LogP contribution in [0, 0.1) is 0 Å². The van der Waals surface area contributed by atoms with Crippen LogP contribution in [0.4, 0.5) is 13.2 Å². The van der Waals surface area contributed by atoms with Gasteiger partial charge in [-0.25, -0.2) is 0 Å². The molecule has 0 saturated heterocycles. The van der Waals surface area contributed by atoms with Crippen LogP contribution in [0.25, 0.3) is 0 Å². The Kier molecular flexibility index (Phi) is 6.98. The molecule has 21 heavy (non-hydrogen) atoms. The van der Waals surface area contributed by atoms with Crippen molar-refractivity contribution >= 4 is 0 Å². The van der Waals surface area contributed by atoms with E-state index in [-0.39, 0.29) is 11.8 Å². The molecule has 1 aromatic carbocycles. The summed E-state index contributed by atoms with van der Waals surface area (Å²) < 4.78 is 40.2. The third-order valence-electron chi connectivity index (χ3n) is 2.91. The molecule has 0 spiro atoms. The lowest BCUT2D eigenvalue weighted by Gasteiger charge is -2.22. The van der Waals surface area contributed by atoms with Gasteiger partial charge in [0.25, 0.3) is 0 Å². The standard InChI is InChI=1S/C15H23F3N2O/c1-4-9-19-13(11-20(2)3)10-12-5-7-14(8-6-12)21-15(16,17)18/h5-8,13,19H,4,9-11H2,1-3H3. The number of rotatable bonds is 8. The summed E-state index contributed by atoms with van der Waals surface area (Å²) in [5, 5.41) is 3.45. The SMILES string of the molecule is CCCNC(Cc1ccc(OC(F)(F)F)cc1)CN(C)C. The Hall–Kier alpha value is -1.27. The zero-order chi connectivity index (χ0) is 15.9. The maximum atomic E-state index is 12.1. The van der Waals surface area contributed by atoms with Crippen molar-refractivity contribution in [3.8, 4) is 5.75 Å². The molecule has 0 bridgehead atoms. The Bertz CT molecular complexity index is 404. The van der Waals surface area contributed by atoms with E-state index in [0.29, 0.717) is 0 Å². The largest absolute Gasteiger partial charge is 0.573 e. The Balaban J connectivity index is 2.62. The van der Waals surface area contributed by atoms with Crippen LogP contribution < -0.4 is 10.1 Å². The number of ether oxygens (including phenoxy) is 1. The third kappa shape index (κ3) is 7.92. The van der Waals surface area contributed by atoms with Crippen LogP contribution in [-0.4, -0.2) is 44.5 Å². The normalized spacial score (nSPS) is 13.5. The first-order chi connectivity index (χ1) is 9.80. The lowest BCUT2D eigenvalue weighted by Crippen LogP contribution is -2.40. The predicted molar refractivity (Wildman–Crippen MR) is 77.5 cm³/mol. The van der Waals surface area contributed by atoms with Crippen LogP contribution in [0.3, 0.4) is 0 Å². The first-order valence-corrected chi connectivity index (χ1v) is 7.03. The molecule has 1 aromatic rings. The van der Waals surface area contributed by atoms with Crippen LogP contribution in [0.15, 0.2) is 24.3 Å². The van der Waals surface area contributed by atoms with Gasteiger partial charge in [-0.05, 0) is 51.2 Å². The van der Waals surface area contributed by atoms with E-state index in [1.54, 1.807) is 12.1 Å². The molecule has 1 atom stereocenters. The smallest absolute Gasteiger partial charge is 0.406 e. The minimum Gasteiger partial charge on any atom is -0.406 e. The molecule has 0 heterocycles. The second kappa shape index (κ2) is 8.24. The molecule has 0 aliphatic heterocycles. The van der Waals surface area contributed by atoms with E-state index in [2.05, 4.69) is 21.9 Å². The van der Waals surface area contributed by atoms with Gasteiger partial charge in [-0.1, -0.05) is 19.1 Å². The first-order valence-electron chi connectivity index (χ1n) is 7.03. The Morgan fingerprint density at radius 2 is 1.81 bits per heavy atom. The molecule has 0 aliphatic carbocycles. The lowest BCUT2D eigenvalue weighted by molar-refractivity contribution is -0.274. The van der Waals surface area contributed by atoms with Crippen molar-refractivity contribution in [1.82, 2.24) is 10.2 Å². The summed E-state index contributed by atoms with van der Waals surface area (Å²) in [7, 11) is 4.00. The number of benzene rings is 1. The van der Waals surface area contributed by atoms with Crippen molar-refractivity contribution < 1.29 is 17.9 Å². The van der Waals surface area contributed by atoms with Gasteiger partial charge in [-0.2, -0.15) is 0 Å².